The molecule has 5 nitrogen and oxygen atoms in total. The van der Waals surface area contributed by atoms with Crippen molar-refractivity contribution in [2.45, 2.75) is 6.92 Å². The second-order valence-electron chi connectivity index (χ2n) is 3.98. The maximum absolute atomic E-state index is 12.1. The van der Waals surface area contributed by atoms with Crippen LogP contribution in [0.25, 0.3) is 11.2 Å². The van der Waals surface area contributed by atoms with Crippen LogP contribution in [0.2, 0.25) is 0 Å². The van der Waals surface area contributed by atoms with Gasteiger partial charge in [0.15, 0.2) is 0 Å². The highest BCUT2D eigenvalue weighted by Crippen LogP contribution is 2.13. The number of hydrogen-bond acceptors (Lipinski definition) is 5. The molecule has 0 bridgehead atoms. The van der Waals surface area contributed by atoms with Gasteiger partial charge in [-0.3, -0.25) is 4.79 Å². The maximum atomic E-state index is 12.1. The van der Waals surface area contributed by atoms with E-state index >= 15 is 0 Å². The summed E-state index contributed by atoms with van der Waals surface area (Å²) in [5.74, 6) is 0. The van der Waals surface area contributed by atoms with Crippen LogP contribution in [-0.4, -0.2) is 21.1 Å². The Morgan fingerprint density at radius 2 is 2.16 bits per heavy atom. The van der Waals surface area contributed by atoms with Gasteiger partial charge in [0.1, 0.15) is 10.9 Å². The van der Waals surface area contributed by atoms with Crippen molar-refractivity contribution in [1.82, 2.24) is 14.6 Å². The molecule has 0 fully saturated rings. The van der Waals surface area contributed by atoms with Crippen LogP contribution in [0.1, 0.15) is 6.92 Å². The molecule has 0 atom stereocenters. The fraction of sp³-hybridized carbons (Fsp3) is 0.154. The molecule has 3 rings (SSSR count). The monoisotopic (exact) mass is 272 g/mol. The van der Waals surface area contributed by atoms with Gasteiger partial charge in [0, 0.05) is 18.4 Å². The summed E-state index contributed by atoms with van der Waals surface area (Å²) in [6, 6.07) is 9.96. The highest BCUT2D eigenvalue weighted by molar-refractivity contribution is 7.15. The Bertz CT molecular complexity index is 793. The van der Waals surface area contributed by atoms with Gasteiger partial charge in [-0.25, -0.2) is 4.98 Å². The molecule has 1 aromatic carbocycles. The first kappa shape index (κ1) is 11.9. The number of hydrogen-bond donors (Lipinski definition) is 0. The van der Waals surface area contributed by atoms with E-state index in [2.05, 4.69) is 10.1 Å². The van der Waals surface area contributed by atoms with Gasteiger partial charge < -0.3 is 4.90 Å². The molecule has 0 aliphatic carbocycles. The summed E-state index contributed by atoms with van der Waals surface area (Å²) < 4.78 is 1.97. The molecule has 0 saturated carbocycles. The lowest BCUT2D eigenvalue weighted by Gasteiger charge is -2.17. The summed E-state index contributed by atoms with van der Waals surface area (Å²) >= 11 is 1.35. The highest BCUT2D eigenvalue weighted by atomic mass is 32.1. The Hall–Kier alpha value is -2.21. The SMILES string of the molecule is CCN(/C=c1\sc2ncnn2c1=O)c1ccccc1. The molecule has 0 radical (unpaired) electrons. The molecule has 19 heavy (non-hydrogen) atoms. The lowest BCUT2D eigenvalue weighted by Crippen LogP contribution is -2.28. The van der Waals surface area contributed by atoms with Gasteiger partial charge in [0.2, 0.25) is 4.96 Å². The average molecular weight is 272 g/mol. The first-order valence-corrected chi connectivity index (χ1v) is 6.77. The minimum absolute atomic E-state index is 0.119. The van der Waals surface area contributed by atoms with Crippen molar-refractivity contribution in [1.29, 1.82) is 0 Å². The molecule has 2 heterocycles. The summed E-state index contributed by atoms with van der Waals surface area (Å²) in [5, 5.41) is 3.91. The third-order valence-corrected chi connectivity index (χ3v) is 3.78. The molecule has 0 spiro atoms. The Balaban J connectivity index is 2.11. The summed E-state index contributed by atoms with van der Waals surface area (Å²) in [7, 11) is 0. The van der Waals surface area contributed by atoms with Crippen LogP contribution >= 0.6 is 11.3 Å². The minimum Gasteiger partial charge on any atom is -0.347 e. The van der Waals surface area contributed by atoms with E-state index in [-0.39, 0.29) is 5.56 Å². The number of thiazole rings is 1. The predicted octanol–water partition coefficient (Wildman–Crippen LogP) is 1.13. The molecule has 2 aromatic heterocycles. The quantitative estimate of drug-likeness (QED) is 0.717. The largest absolute Gasteiger partial charge is 0.347 e. The first-order chi connectivity index (χ1) is 9.29. The summed E-state index contributed by atoms with van der Waals surface area (Å²) in [6.07, 6.45) is 3.25. The second kappa shape index (κ2) is 4.81. The summed E-state index contributed by atoms with van der Waals surface area (Å²) in [5.41, 5.74) is 0.940. The topological polar surface area (TPSA) is 50.5 Å². The Morgan fingerprint density at radius 1 is 1.37 bits per heavy atom. The van der Waals surface area contributed by atoms with Crippen LogP contribution in [0.4, 0.5) is 5.69 Å². The van der Waals surface area contributed by atoms with Crippen molar-refractivity contribution < 1.29 is 0 Å². The average Bonchev–Trinajstić information content (AvgIpc) is 3.01. The fourth-order valence-electron chi connectivity index (χ4n) is 1.88. The van der Waals surface area contributed by atoms with Gasteiger partial charge in [0.05, 0.1) is 0 Å². The van der Waals surface area contributed by atoms with Gasteiger partial charge >= 0.3 is 0 Å². The number of rotatable bonds is 3. The second-order valence-corrected chi connectivity index (χ2v) is 4.99. The van der Waals surface area contributed by atoms with Crippen LogP contribution in [0, 0.1) is 0 Å². The van der Waals surface area contributed by atoms with E-state index in [0.29, 0.717) is 9.49 Å². The Kier molecular flexibility index (Phi) is 3.00. The van der Waals surface area contributed by atoms with E-state index in [1.54, 1.807) is 0 Å². The molecule has 0 aliphatic heterocycles. The molecule has 0 saturated heterocycles. The number of aromatic nitrogens is 3. The fourth-order valence-corrected chi connectivity index (χ4v) is 2.74. The van der Waals surface area contributed by atoms with E-state index < -0.39 is 0 Å². The van der Waals surface area contributed by atoms with Gasteiger partial charge in [-0.15, -0.1) is 0 Å². The van der Waals surface area contributed by atoms with Gasteiger partial charge in [-0.05, 0) is 19.1 Å². The zero-order chi connectivity index (χ0) is 13.2. The molecule has 6 heteroatoms. The number of para-hydroxylation sites is 1. The predicted molar refractivity (Wildman–Crippen MR) is 76.3 cm³/mol. The summed E-state index contributed by atoms with van der Waals surface area (Å²) in [6.45, 7) is 2.84. The highest BCUT2D eigenvalue weighted by Gasteiger charge is 2.07. The van der Waals surface area contributed by atoms with Crippen LogP contribution < -0.4 is 15.0 Å². The van der Waals surface area contributed by atoms with Crippen molar-refractivity contribution in [3.63, 3.8) is 0 Å². The molecule has 0 N–H and O–H groups in total. The van der Waals surface area contributed by atoms with Crippen molar-refractivity contribution in [3.8, 4) is 0 Å². The molecule has 3 aromatic rings. The normalized spacial score (nSPS) is 12.2. The van der Waals surface area contributed by atoms with Crippen LogP contribution in [-0.2, 0) is 0 Å². The molecule has 96 valence electrons. The van der Waals surface area contributed by atoms with Crippen molar-refractivity contribution in [3.05, 3.63) is 51.5 Å². The number of anilines is 1. The van der Waals surface area contributed by atoms with Gasteiger partial charge in [-0.1, -0.05) is 29.5 Å². The lowest BCUT2D eigenvalue weighted by molar-refractivity contribution is 0.930. The third-order valence-electron chi connectivity index (χ3n) is 2.82. The van der Waals surface area contributed by atoms with Gasteiger partial charge in [-0.2, -0.15) is 9.61 Å². The van der Waals surface area contributed by atoms with E-state index in [1.807, 2.05) is 48.4 Å². The number of benzene rings is 1. The number of fused-ring (bicyclic) bond motifs is 1. The summed E-state index contributed by atoms with van der Waals surface area (Å²) in [4.78, 5) is 18.8. The Labute approximate surface area is 113 Å². The zero-order valence-electron chi connectivity index (χ0n) is 10.4. The minimum atomic E-state index is -0.119. The molecule has 0 unspecified atom stereocenters. The van der Waals surface area contributed by atoms with E-state index in [9.17, 15) is 4.79 Å². The maximum Gasteiger partial charge on any atom is 0.292 e. The molecular weight excluding hydrogens is 260 g/mol. The standard InChI is InChI=1S/C13H12N4OS/c1-2-16(10-6-4-3-5-7-10)8-11-12(18)17-13(19-11)14-9-15-17/h3-9H,2H2,1H3/b11-8-. The number of nitrogens with zero attached hydrogens (tertiary/aromatic N) is 4. The van der Waals surface area contributed by atoms with Crippen LogP contribution in [0.5, 0.6) is 0 Å². The first-order valence-electron chi connectivity index (χ1n) is 5.95. The van der Waals surface area contributed by atoms with Crippen molar-refractivity contribution in [2.24, 2.45) is 0 Å². The smallest absolute Gasteiger partial charge is 0.292 e. The molecule has 0 amide bonds. The molecule has 0 aliphatic rings. The zero-order valence-corrected chi connectivity index (χ0v) is 11.2. The van der Waals surface area contributed by atoms with Crippen LogP contribution in [0.15, 0.2) is 41.5 Å². The Morgan fingerprint density at radius 3 is 2.84 bits per heavy atom. The van der Waals surface area contributed by atoms with E-state index in [1.165, 1.54) is 22.2 Å². The van der Waals surface area contributed by atoms with Crippen molar-refractivity contribution in [2.75, 3.05) is 11.4 Å². The van der Waals surface area contributed by atoms with Gasteiger partial charge in [0.25, 0.3) is 5.56 Å². The van der Waals surface area contributed by atoms with E-state index in [0.717, 1.165) is 12.2 Å². The third kappa shape index (κ3) is 2.10. The van der Waals surface area contributed by atoms with Crippen LogP contribution in [0.3, 0.4) is 0 Å². The van der Waals surface area contributed by atoms with E-state index in [4.69, 9.17) is 0 Å². The lowest BCUT2D eigenvalue weighted by atomic mass is 10.3. The van der Waals surface area contributed by atoms with Crippen molar-refractivity contribution >= 4 is 28.2 Å². The molecular formula is C13H12N4OS.